The highest BCUT2D eigenvalue weighted by atomic mass is 16.5. The lowest BCUT2D eigenvalue weighted by Gasteiger charge is -2.21. The van der Waals surface area contributed by atoms with Crippen molar-refractivity contribution in [3.63, 3.8) is 0 Å². The number of benzene rings is 4. The molecule has 18 heteroatoms. The molecule has 4 amide bonds. The molecule has 0 spiro atoms. The van der Waals surface area contributed by atoms with E-state index in [1.807, 2.05) is 118 Å². The number of ether oxygens (including phenoxy) is 4. The Morgan fingerprint density at radius 1 is 0.547 bits per heavy atom. The molecular weight excluding hydrogens is 953 g/mol. The zero-order valence-corrected chi connectivity index (χ0v) is 45.1. The van der Waals surface area contributed by atoms with E-state index in [0.29, 0.717) is 109 Å². The molecule has 0 aliphatic carbocycles. The summed E-state index contributed by atoms with van der Waals surface area (Å²) < 4.78 is 23.1. The highest BCUT2D eigenvalue weighted by molar-refractivity contribution is 6.09. The molecule has 2 heterocycles. The number of primary amides is 2. The Morgan fingerprint density at radius 3 is 1.25 bits per heavy atom. The van der Waals surface area contributed by atoms with Gasteiger partial charge in [0.25, 0.3) is 11.8 Å². The molecule has 6 aromatic rings. The second-order valence-corrected chi connectivity index (χ2v) is 18.1. The number of hydrogen-bond acceptors (Lipinski definition) is 14. The predicted molar refractivity (Wildman–Crippen MR) is 297 cm³/mol. The van der Waals surface area contributed by atoms with Crippen molar-refractivity contribution in [3.05, 3.63) is 106 Å². The first-order valence-corrected chi connectivity index (χ1v) is 25.8. The minimum absolute atomic E-state index is 0.0376. The predicted octanol–water partition coefficient (Wildman–Crippen LogP) is 8.46. The topological polar surface area (TPSA) is 283 Å². The summed E-state index contributed by atoms with van der Waals surface area (Å²) in [5.74, 6) is 0.812. The molecule has 18 nitrogen and oxygen atoms in total. The van der Waals surface area contributed by atoms with E-state index >= 15 is 0 Å². The summed E-state index contributed by atoms with van der Waals surface area (Å²) in [6.07, 6.45) is 5.14. The van der Waals surface area contributed by atoms with Crippen molar-refractivity contribution < 1.29 is 38.1 Å². The van der Waals surface area contributed by atoms with E-state index in [1.54, 1.807) is 12.1 Å². The van der Waals surface area contributed by atoms with Gasteiger partial charge in [-0.15, -0.1) is 0 Å². The molecule has 0 radical (unpaired) electrons. The van der Waals surface area contributed by atoms with Crippen molar-refractivity contribution in [2.24, 2.45) is 34.8 Å². The maximum Gasteiger partial charge on any atom is 0.252 e. The van der Waals surface area contributed by atoms with Gasteiger partial charge in [-0.05, 0) is 98.9 Å². The van der Waals surface area contributed by atoms with Crippen LogP contribution >= 0.6 is 0 Å². The molecule has 3 atom stereocenters. The standard InChI is InChI=1S/C29H39N5O4.C28H37N5O4/c1-6-17(5)26(30)29(36)33-15-18-11-10-12-22(19(18)7-2)34-27-20-13-24(37-8-3)25(38-9-4)14-23(20)32-16-21(27)28(31)35;1-6-18-17(14-32-28(35)25(29)16(4)5)10-9-11-21(18)33-26-19-12-23(36-7-2)24(37-8-3)13-22(19)31-15-20(26)27(30)34/h10-14,16-17,26H,6-9,15,30H2,1-5H3,(H2,31,35)(H,32,34)(H,33,36);9-13,15-16,25H,6-8,14,29H2,1-5H3,(H2,30,34)(H,31,33)(H,32,35)/t17?,26-;25-/m01/s1. The molecule has 75 heavy (non-hydrogen) atoms. The number of pyridine rings is 2. The Labute approximate surface area is 440 Å². The number of nitrogens with two attached hydrogens (primary N) is 4. The Hall–Kier alpha value is -7.70. The quantitative estimate of drug-likeness (QED) is 0.0267. The van der Waals surface area contributed by atoms with Crippen molar-refractivity contribution in [3.8, 4) is 23.0 Å². The fourth-order valence-electron chi connectivity index (χ4n) is 8.47. The number of hydrogen-bond donors (Lipinski definition) is 8. The SMILES string of the molecule is CCOc1cc2ncc(C(N)=O)c(Nc3cccc(CNC(=O)[C@@H](N)C(C)CC)c3CC)c2cc1OCC.CCOc1cc2ncc(C(N)=O)c(Nc3cccc(CNC(=O)[C@H](N)C(C)C)c3CC)c2cc1OCC. The lowest BCUT2D eigenvalue weighted by atomic mass is 9.98. The number of carbonyl (C=O) groups is 4. The maximum atomic E-state index is 12.6. The number of nitrogens with one attached hydrogen (secondary N) is 4. The van der Waals surface area contributed by atoms with Crippen molar-refractivity contribution in [2.45, 2.75) is 114 Å². The van der Waals surface area contributed by atoms with Gasteiger partial charge in [0, 0.05) is 59.8 Å². The van der Waals surface area contributed by atoms with E-state index in [9.17, 15) is 19.2 Å². The second-order valence-electron chi connectivity index (χ2n) is 18.1. The van der Waals surface area contributed by atoms with Crippen molar-refractivity contribution in [1.29, 1.82) is 0 Å². The summed E-state index contributed by atoms with van der Waals surface area (Å²) in [6, 6.07) is 17.7. The molecule has 2 aromatic heterocycles. The Morgan fingerprint density at radius 2 is 0.920 bits per heavy atom. The van der Waals surface area contributed by atoms with Gasteiger partial charge in [-0.25, -0.2) is 0 Å². The van der Waals surface area contributed by atoms with Gasteiger partial charge < -0.3 is 63.1 Å². The Bertz CT molecular complexity index is 2960. The summed E-state index contributed by atoms with van der Waals surface area (Å²) >= 11 is 0. The van der Waals surface area contributed by atoms with Gasteiger partial charge >= 0.3 is 0 Å². The number of carbonyl (C=O) groups excluding carboxylic acids is 4. The molecule has 12 N–H and O–H groups in total. The van der Waals surface area contributed by atoms with E-state index in [0.717, 1.165) is 40.0 Å². The smallest absolute Gasteiger partial charge is 0.252 e. The van der Waals surface area contributed by atoms with Crippen LogP contribution in [0.2, 0.25) is 0 Å². The highest BCUT2D eigenvalue weighted by Crippen LogP contribution is 2.40. The normalized spacial score (nSPS) is 12.2. The van der Waals surface area contributed by atoms with Crippen molar-refractivity contribution in [2.75, 3.05) is 37.1 Å². The molecule has 4 aromatic carbocycles. The second kappa shape index (κ2) is 27.5. The average Bonchev–Trinajstić information content (AvgIpc) is 3.39. The van der Waals surface area contributed by atoms with E-state index in [2.05, 4.69) is 31.2 Å². The number of amides is 4. The van der Waals surface area contributed by atoms with Crippen molar-refractivity contribution in [1.82, 2.24) is 20.6 Å². The maximum absolute atomic E-state index is 12.6. The molecular formula is C57H76N10O8. The first-order chi connectivity index (χ1) is 36.0. The van der Waals surface area contributed by atoms with Crippen LogP contribution in [0.5, 0.6) is 23.0 Å². The molecule has 0 bridgehead atoms. The number of fused-ring (bicyclic) bond motifs is 2. The van der Waals surface area contributed by atoms with Gasteiger partial charge in [0.1, 0.15) is 0 Å². The van der Waals surface area contributed by atoms with Crippen LogP contribution in [0.1, 0.15) is 119 Å². The lowest BCUT2D eigenvalue weighted by Crippen LogP contribution is -2.44. The zero-order chi connectivity index (χ0) is 54.9. The molecule has 402 valence electrons. The lowest BCUT2D eigenvalue weighted by molar-refractivity contribution is -0.124. The minimum Gasteiger partial charge on any atom is -0.490 e. The van der Waals surface area contributed by atoms with Crippen LogP contribution < -0.4 is 63.1 Å². The number of aromatic nitrogens is 2. The Balaban J connectivity index is 0.000000277. The molecule has 0 fully saturated rings. The zero-order valence-electron chi connectivity index (χ0n) is 45.1. The van der Waals surface area contributed by atoms with Crippen LogP contribution in [-0.2, 0) is 35.5 Å². The molecule has 0 aliphatic rings. The monoisotopic (exact) mass is 1030 g/mol. The number of nitrogens with zero attached hydrogens (tertiary/aromatic N) is 2. The van der Waals surface area contributed by atoms with Gasteiger partial charge in [-0.3, -0.25) is 29.1 Å². The minimum atomic E-state index is -0.604. The van der Waals surface area contributed by atoms with Crippen LogP contribution in [-0.4, -0.2) is 72.1 Å². The molecule has 0 saturated carbocycles. The van der Waals surface area contributed by atoms with E-state index in [-0.39, 0.29) is 34.8 Å². The van der Waals surface area contributed by atoms with E-state index in [1.165, 1.54) is 12.4 Å². The van der Waals surface area contributed by atoms with Gasteiger partial charge in [0.05, 0.1) is 72.0 Å². The summed E-state index contributed by atoms with van der Waals surface area (Å²) in [4.78, 5) is 58.7. The van der Waals surface area contributed by atoms with Crippen LogP contribution in [0, 0.1) is 11.8 Å². The van der Waals surface area contributed by atoms with Gasteiger partial charge in [0.15, 0.2) is 23.0 Å². The van der Waals surface area contributed by atoms with Gasteiger partial charge in [0.2, 0.25) is 11.8 Å². The van der Waals surface area contributed by atoms with Crippen LogP contribution in [0.15, 0.2) is 73.1 Å². The molecule has 1 unspecified atom stereocenters. The summed E-state index contributed by atoms with van der Waals surface area (Å²) in [6.45, 7) is 22.0. The average molecular weight is 1030 g/mol. The summed E-state index contributed by atoms with van der Waals surface area (Å²) in [7, 11) is 0. The van der Waals surface area contributed by atoms with E-state index < -0.39 is 23.9 Å². The first-order valence-electron chi connectivity index (χ1n) is 25.8. The molecule has 6 rings (SSSR count). The largest absolute Gasteiger partial charge is 0.490 e. The van der Waals surface area contributed by atoms with E-state index in [4.69, 9.17) is 41.9 Å². The Kier molecular flexibility index (Phi) is 21.4. The van der Waals surface area contributed by atoms with Gasteiger partial charge in [-0.2, -0.15) is 0 Å². The first kappa shape index (κ1) is 58.2. The number of anilines is 4. The van der Waals surface area contributed by atoms with Crippen LogP contribution in [0.3, 0.4) is 0 Å². The summed E-state index contributed by atoms with van der Waals surface area (Å²) in [5, 5.41) is 14.1. The van der Waals surface area contributed by atoms with Crippen molar-refractivity contribution >= 4 is 68.2 Å². The summed E-state index contributed by atoms with van der Waals surface area (Å²) in [5.41, 5.74) is 31.9. The third-order valence-electron chi connectivity index (χ3n) is 12.9. The fourth-order valence-corrected chi connectivity index (χ4v) is 8.47. The molecule has 0 saturated heterocycles. The van der Waals surface area contributed by atoms with Crippen LogP contribution in [0.4, 0.5) is 22.7 Å². The van der Waals surface area contributed by atoms with Crippen LogP contribution in [0.25, 0.3) is 21.8 Å². The fraction of sp³-hybridized carbons (Fsp3) is 0.404. The number of rotatable bonds is 25. The highest BCUT2D eigenvalue weighted by Gasteiger charge is 2.23. The third kappa shape index (κ3) is 14.3. The van der Waals surface area contributed by atoms with Gasteiger partial charge in [-0.1, -0.05) is 72.2 Å². The third-order valence-corrected chi connectivity index (χ3v) is 12.9. The molecule has 0 aliphatic heterocycles.